The van der Waals surface area contributed by atoms with Crippen molar-refractivity contribution in [2.45, 2.75) is 31.3 Å². The smallest absolute Gasteiger partial charge is 0.254 e. The first-order valence-corrected chi connectivity index (χ1v) is 11.2. The van der Waals surface area contributed by atoms with Gasteiger partial charge < -0.3 is 4.90 Å². The molecule has 27 heavy (non-hydrogen) atoms. The number of amides is 1. The summed E-state index contributed by atoms with van der Waals surface area (Å²) < 4.78 is 2.36. The topological polar surface area (TPSA) is 23.6 Å². The van der Waals surface area contributed by atoms with Gasteiger partial charge in [-0.25, -0.2) is 0 Å². The largest absolute Gasteiger partial charge is 0.328 e. The summed E-state index contributed by atoms with van der Waals surface area (Å²) in [4.78, 5) is 15.6. The molecule has 0 aliphatic carbocycles. The van der Waals surface area contributed by atoms with Crippen LogP contribution in [0.3, 0.4) is 0 Å². The molecule has 1 amide bonds. The summed E-state index contributed by atoms with van der Waals surface area (Å²) in [7, 11) is 0. The fourth-order valence-electron chi connectivity index (χ4n) is 4.25. The van der Waals surface area contributed by atoms with Gasteiger partial charge in [0.05, 0.1) is 6.04 Å². The van der Waals surface area contributed by atoms with Crippen molar-refractivity contribution in [1.82, 2.24) is 9.21 Å². The Morgan fingerprint density at radius 2 is 1.81 bits per heavy atom. The molecule has 2 aliphatic rings. The van der Waals surface area contributed by atoms with Gasteiger partial charge in [-0.1, -0.05) is 59.4 Å². The fraction of sp³-hybridized carbons (Fsp3) is 0.381. The lowest BCUT2D eigenvalue weighted by atomic mass is 9.86. The van der Waals surface area contributed by atoms with Crippen LogP contribution in [-0.2, 0) is 6.42 Å². The van der Waals surface area contributed by atoms with Crippen LogP contribution in [0.2, 0.25) is 10.0 Å². The van der Waals surface area contributed by atoms with Gasteiger partial charge in [0.1, 0.15) is 0 Å². The van der Waals surface area contributed by atoms with E-state index in [-0.39, 0.29) is 18.0 Å². The van der Waals surface area contributed by atoms with Gasteiger partial charge in [-0.3, -0.25) is 9.10 Å². The van der Waals surface area contributed by atoms with E-state index in [0.29, 0.717) is 10.0 Å². The zero-order valence-corrected chi connectivity index (χ0v) is 17.5. The summed E-state index contributed by atoms with van der Waals surface area (Å²) in [6, 6.07) is 13.7. The molecule has 4 rings (SSSR count). The van der Waals surface area contributed by atoms with Crippen molar-refractivity contribution in [2.24, 2.45) is 0 Å². The molecule has 0 aromatic heterocycles. The van der Waals surface area contributed by atoms with Crippen molar-refractivity contribution < 1.29 is 4.79 Å². The Balaban J connectivity index is 1.73. The number of carbonyl (C=O) groups is 1. The second-order valence-electron chi connectivity index (χ2n) is 7.10. The summed E-state index contributed by atoms with van der Waals surface area (Å²) in [5.41, 5.74) is 2.90. The van der Waals surface area contributed by atoms with E-state index in [1.165, 1.54) is 0 Å². The van der Waals surface area contributed by atoms with Crippen molar-refractivity contribution in [3.8, 4) is 0 Å². The number of piperidine rings is 1. The Morgan fingerprint density at radius 1 is 1.07 bits per heavy atom. The van der Waals surface area contributed by atoms with Crippen LogP contribution in [-0.4, -0.2) is 40.5 Å². The summed E-state index contributed by atoms with van der Waals surface area (Å²) in [5.74, 6) is 0.121. The molecule has 1 saturated heterocycles. The minimum absolute atomic E-state index is 0.0528. The van der Waals surface area contributed by atoms with Gasteiger partial charge >= 0.3 is 0 Å². The van der Waals surface area contributed by atoms with Gasteiger partial charge in [0.25, 0.3) is 5.91 Å². The van der Waals surface area contributed by atoms with Gasteiger partial charge in [-0.2, -0.15) is 0 Å². The number of rotatable bonds is 3. The van der Waals surface area contributed by atoms with Crippen LogP contribution >= 0.6 is 35.1 Å². The first-order chi connectivity index (χ1) is 13.1. The molecule has 0 spiro atoms. The van der Waals surface area contributed by atoms with E-state index < -0.39 is 0 Å². The molecule has 1 atom stereocenters. The highest BCUT2D eigenvalue weighted by Gasteiger charge is 2.39. The van der Waals surface area contributed by atoms with E-state index >= 15 is 0 Å². The van der Waals surface area contributed by atoms with Crippen LogP contribution in [0.15, 0.2) is 42.5 Å². The van der Waals surface area contributed by atoms with Gasteiger partial charge in [0, 0.05) is 34.7 Å². The molecule has 2 aromatic carbocycles. The van der Waals surface area contributed by atoms with Crippen LogP contribution < -0.4 is 0 Å². The SMILES string of the molecule is CSN1CCC(N2C(=O)c3ccccc3CC2c2ccc(Cl)cc2Cl)CC1. The molecule has 2 aromatic rings. The summed E-state index contributed by atoms with van der Waals surface area (Å²) in [6.45, 7) is 2.00. The summed E-state index contributed by atoms with van der Waals surface area (Å²) >= 11 is 14.4. The Kier molecular flexibility index (Phi) is 5.70. The second kappa shape index (κ2) is 8.04. The first-order valence-electron chi connectivity index (χ1n) is 9.23. The van der Waals surface area contributed by atoms with Crippen molar-refractivity contribution in [1.29, 1.82) is 0 Å². The lowest BCUT2D eigenvalue weighted by Gasteiger charge is -2.45. The van der Waals surface area contributed by atoms with Gasteiger partial charge in [-0.05, 0) is 54.8 Å². The normalized spacial score (nSPS) is 21.4. The Bertz CT molecular complexity index is 852. The van der Waals surface area contributed by atoms with E-state index in [1.807, 2.05) is 30.3 Å². The quantitative estimate of drug-likeness (QED) is 0.614. The molecular weight excluding hydrogens is 399 g/mol. The monoisotopic (exact) mass is 420 g/mol. The van der Waals surface area contributed by atoms with E-state index in [0.717, 1.165) is 49.0 Å². The molecule has 2 heterocycles. The average molecular weight is 421 g/mol. The number of fused-ring (bicyclic) bond motifs is 1. The summed E-state index contributed by atoms with van der Waals surface area (Å²) in [5, 5.41) is 1.25. The first kappa shape index (κ1) is 19.1. The number of carbonyl (C=O) groups excluding carboxylic acids is 1. The van der Waals surface area contributed by atoms with Crippen molar-refractivity contribution in [2.75, 3.05) is 19.3 Å². The lowest BCUT2D eigenvalue weighted by molar-refractivity contribution is 0.0456. The molecule has 1 unspecified atom stereocenters. The highest BCUT2D eigenvalue weighted by atomic mass is 35.5. The molecule has 0 bridgehead atoms. The maximum absolute atomic E-state index is 13.5. The highest BCUT2D eigenvalue weighted by Crippen LogP contribution is 2.40. The van der Waals surface area contributed by atoms with Crippen LogP contribution in [0, 0.1) is 0 Å². The molecular formula is C21H22Cl2N2OS. The van der Waals surface area contributed by atoms with Gasteiger partial charge in [0.15, 0.2) is 0 Å². The molecule has 1 fully saturated rings. The van der Waals surface area contributed by atoms with Crippen molar-refractivity contribution >= 4 is 41.1 Å². The fourth-order valence-corrected chi connectivity index (χ4v) is 5.36. The number of hydrogen-bond donors (Lipinski definition) is 0. The third kappa shape index (κ3) is 3.73. The molecule has 0 radical (unpaired) electrons. The van der Waals surface area contributed by atoms with E-state index in [2.05, 4.69) is 21.5 Å². The number of halogens is 2. The Labute approximate surface area is 174 Å². The van der Waals surface area contributed by atoms with Crippen LogP contribution in [0.4, 0.5) is 0 Å². The van der Waals surface area contributed by atoms with Crippen LogP contribution in [0.25, 0.3) is 0 Å². The zero-order chi connectivity index (χ0) is 19.0. The van der Waals surface area contributed by atoms with Crippen LogP contribution in [0.1, 0.15) is 40.4 Å². The molecule has 142 valence electrons. The van der Waals surface area contributed by atoms with E-state index in [9.17, 15) is 4.79 Å². The number of hydrogen-bond acceptors (Lipinski definition) is 3. The maximum Gasteiger partial charge on any atom is 0.254 e. The minimum Gasteiger partial charge on any atom is -0.328 e. The van der Waals surface area contributed by atoms with E-state index in [4.69, 9.17) is 23.2 Å². The molecule has 2 aliphatic heterocycles. The zero-order valence-electron chi connectivity index (χ0n) is 15.2. The van der Waals surface area contributed by atoms with Crippen molar-refractivity contribution in [3.63, 3.8) is 0 Å². The minimum atomic E-state index is -0.0528. The van der Waals surface area contributed by atoms with Gasteiger partial charge in [-0.15, -0.1) is 0 Å². The number of benzene rings is 2. The lowest BCUT2D eigenvalue weighted by Crippen LogP contribution is -2.50. The number of nitrogens with zero attached hydrogens (tertiary/aromatic N) is 2. The standard InChI is InChI=1S/C21H22Cl2N2OS/c1-27-24-10-8-16(9-11-24)25-20(18-7-6-15(22)13-19(18)23)12-14-4-2-3-5-17(14)21(25)26/h2-7,13,16,20H,8-12H2,1H3. The van der Waals surface area contributed by atoms with Crippen molar-refractivity contribution in [3.05, 3.63) is 69.2 Å². The third-order valence-corrected chi connectivity index (χ3v) is 7.07. The predicted molar refractivity (Wildman–Crippen MR) is 114 cm³/mol. The Hall–Kier alpha value is -1.20. The van der Waals surface area contributed by atoms with Crippen LogP contribution in [0.5, 0.6) is 0 Å². The average Bonchev–Trinajstić information content (AvgIpc) is 2.68. The second-order valence-corrected chi connectivity index (χ2v) is 8.82. The molecule has 6 heteroatoms. The molecule has 0 N–H and O–H groups in total. The highest BCUT2D eigenvalue weighted by molar-refractivity contribution is 7.96. The molecule has 0 saturated carbocycles. The van der Waals surface area contributed by atoms with E-state index in [1.54, 1.807) is 18.0 Å². The predicted octanol–water partition coefficient (Wildman–Crippen LogP) is 5.48. The summed E-state index contributed by atoms with van der Waals surface area (Å²) in [6.07, 6.45) is 4.86. The van der Waals surface area contributed by atoms with Gasteiger partial charge in [0.2, 0.25) is 0 Å². The Morgan fingerprint density at radius 3 is 2.52 bits per heavy atom. The maximum atomic E-state index is 13.5. The third-order valence-electron chi connectivity index (χ3n) is 5.63. The molecule has 3 nitrogen and oxygen atoms in total.